The Morgan fingerprint density at radius 1 is 1.11 bits per heavy atom. The highest BCUT2D eigenvalue weighted by Crippen LogP contribution is 2.32. The second kappa shape index (κ2) is 10.7. The monoisotopic (exact) mass is 395 g/mol. The molecule has 0 atom stereocenters. The molecule has 9 heteroatoms. The third-order valence-corrected chi connectivity index (χ3v) is 4.28. The number of methoxy groups -OCH3 is 2. The van der Waals surface area contributed by atoms with Gasteiger partial charge in [0.2, 0.25) is 5.91 Å². The first-order valence-corrected chi connectivity index (χ1v) is 9.32. The summed E-state index contributed by atoms with van der Waals surface area (Å²) in [6, 6.07) is 5.05. The Hall–Kier alpha value is -2.52. The SMILES string of the molecule is CCOC(CNC(=O)CN1CCN(c2ccc(OC)c(OC)c2)C1=O)OCC. The number of benzene rings is 1. The van der Waals surface area contributed by atoms with Crippen LogP contribution in [0.25, 0.3) is 0 Å². The van der Waals surface area contributed by atoms with Crippen molar-refractivity contribution in [1.82, 2.24) is 10.2 Å². The van der Waals surface area contributed by atoms with Crippen molar-refractivity contribution in [3.05, 3.63) is 18.2 Å². The maximum absolute atomic E-state index is 12.7. The lowest BCUT2D eigenvalue weighted by molar-refractivity contribution is -0.140. The first-order valence-electron chi connectivity index (χ1n) is 9.32. The topological polar surface area (TPSA) is 89.6 Å². The van der Waals surface area contributed by atoms with Gasteiger partial charge in [-0.05, 0) is 26.0 Å². The van der Waals surface area contributed by atoms with Gasteiger partial charge in [0.05, 0.1) is 20.8 Å². The lowest BCUT2D eigenvalue weighted by atomic mass is 10.2. The van der Waals surface area contributed by atoms with Crippen molar-refractivity contribution in [2.45, 2.75) is 20.1 Å². The molecule has 3 amide bonds. The van der Waals surface area contributed by atoms with Gasteiger partial charge in [0.1, 0.15) is 6.54 Å². The quantitative estimate of drug-likeness (QED) is 0.571. The summed E-state index contributed by atoms with van der Waals surface area (Å²) in [7, 11) is 3.10. The molecule has 1 aromatic rings. The first kappa shape index (κ1) is 21.8. The number of nitrogens with one attached hydrogen (secondary N) is 1. The van der Waals surface area contributed by atoms with Crippen LogP contribution in [0.15, 0.2) is 18.2 Å². The van der Waals surface area contributed by atoms with Gasteiger partial charge in [-0.25, -0.2) is 4.79 Å². The molecule has 1 heterocycles. The number of carbonyl (C=O) groups is 2. The molecule has 1 aliphatic rings. The molecule has 0 unspecified atom stereocenters. The molecule has 0 saturated carbocycles. The zero-order valence-electron chi connectivity index (χ0n) is 16.9. The lowest BCUT2D eigenvalue weighted by Crippen LogP contribution is -2.43. The van der Waals surface area contributed by atoms with Crippen molar-refractivity contribution < 1.29 is 28.5 Å². The third kappa shape index (κ3) is 5.49. The van der Waals surface area contributed by atoms with Crippen LogP contribution in [-0.2, 0) is 14.3 Å². The van der Waals surface area contributed by atoms with Crippen molar-refractivity contribution in [3.8, 4) is 11.5 Å². The normalized spacial score (nSPS) is 14.0. The highest BCUT2D eigenvalue weighted by molar-refractivity contribution is 5.96. The predicted octanol–water partition coefficient (Wildman–Crippen LogP) is 1.46. The van der Waals surface area contributed by atoms with Gasteiger partial charge in [-0.1, -0.05) is 0 Å². The second-order valence-electron chi connectivity index (χ2n) is 6.04. The lowest BCUT2D eigenvalue weighted by Gasteiger charge is -2.21. The van der Waals surface area contributed by atoms with E-state index in [1.54, 1.807) is 37.3 Å². The Morgan fingerprint density at radius 3 is 2.39 bits per heavy atom. The van der Waals surface area contributed by atoms with E-state index in [0.29, 0.717) is 43.5 Å². The van der Waals surface area contributed by atoms with Crippen LogP contribution < -0.4 is 19.7 Å². The minimum absolute atomic E-state index is 0.0202. The maximum atomic E-state index is 12.7. The van der Waals surface area contributed by atoms with Crippen LogP contribution >= 0.6 is 0 Å². The summed E-state index contributed by atoms with van der Waals surface area (Å²) in [5.41, 5.74) is 0.693. The average molecular weight is 395 g/mol. The molecule has 0 aliphatic carbocycles. The second-order valence-corrected chi connectivity index (χ2v) is 6.04. The van der Waals surface area contributed by atoms with Crippen LogP contribution in [0.3, 0.4) is 0 Å². The number of ether oxygens (including phenoxy) is 4. The summed E-state index contributed by atoms with van der Waals surface area (Å²) in [4.78, 5) is 28.0. The van der Waals surface area contributed by atoms with Crippen LogP contribution in [0.2, 0.25) is 0 Å². The summed E-state index contributed by atoms with van der Waals surface area (Å²) in [5, 5.41) is 2.75. The molecule has 0 bridgehead atoms. The van der Waals surface area contributed by atoms with Crippen molar-refractivity contribution >= 4 is 17.6 Å². The van der Waals surface area contributed by atoms with Crippen molar-refractivity contribution in [3.63, 3.8) is 0 Å². The Kier molecular flexibility index (Phi) is 8.34. The molecule has 1 aliphatic heterocycles. The molecule has 2 rings (SSSR count). The Bertz CT molecular complexity index is 663. The fourth-order valence-electron chi connectivity index (χ4n) is 2.93. The minimum atomic E-state index is -0.489. The van der Waals surface area contributed by atoms with Gasteiger partial charge in [-0.15, -0.1) is 0 Å². The van der Waals surface area contributed by atoms with Gasteiger partial charge in [0, 0.05) is 38.1 Å². The van der Waals surface area contributed by atoms with Crippen LogP contribution in [0.4, 0.5) is 10.5 Å². The molecule has 1 fully saturated rings. The third-order valence-electron chi connectivity index (χ3n) is 4.28. The molecule has 9 nitrogen and oxygen atoms in total. The smallest absolute Gasteiger partial charge is 0.325 e. The number of hydrogen-bond acceptors (Lipinski definition) is 6. The molecule has 0 spiro atoms. The van der Waals surface area contributed by atoms with E-state index in [4.69, 9.17) is 18.9 Å². The van der Waals surface area contributed by atoms with Crippen LogP contribution in [0, 0.1) is 0 Å². The average Bonchev–Trinajstić information content (AvgIpc) is 3.06. The fraction of sp³-hybridized carbons (Fsp3) is 0.579. The van der Waals surface area contributed by atoms with Gasteiger partial charge in [0.25, 0.3) is 0 Å². The standard InChI is InChI=1S/C19H29N3O6/c1-5-27-18(28-6-2)12-20-17(23)13-21-9-10-22(19(21)24)14-7-8-15(25-3)16(11-14)26-4/h7-8,11,18H,5-6,9-10,12-13H2,1-4H3,(H,20,23). The van der Waals surface area contributed by atoms with E-state index in [-0.39, 0.29) is 25.0 Å². The number of rotatable bonds is 11. The Morgan fingerprint density at radius 2 is 1.79 bits per heavy atom. The summed E-state index contributed by atoms with van der Waals surface area (Å²) in [6.45, 7) is 5.87. The molecular formula is C19H29N3O6. The van der Waals surface area contributed by atoms with Gasteiger partial charge in [0.15, 0.2) is 17.8 Å². The zero-order valence-corrected chi connectivity index (χ0v) is 16.9. The molecular weight excluding hydrogens is 366 g/mol. The van der Waals surface area contributed by atoms with E-state index in [1.807, 2.05) is 13.8 Å². The van der Waals surface area contributed by atoms with E-state index < -0.39 is 6.29 Å². The number of carbonyl (C=O) groups excluding carboxylic acids is 2. The molecule has 1 N–H and O–H groups in total. The van der Waals surface area contributed by atoms with E-state index in [9.17, 15) is 9.59 Å². The molecule has 156 valence electrons. The first-order chi connectivity index (χ1) is 13.5. The Labute approximate surface area is 165 Å². The van der Waals surface area contributed by atoms with E-state index in [0.717, 1.165) is 0 Å². The van der Waals surface area contributed by atoms with Gasteiger partial charge in [-0.2, -0.15) is 0 Å². The molecule has 0 aromatic heterocycles. The summed E-state index contributed by atoms with van der Waals surface area (Å²) in [5.74, 6) is 0.876. The van der Waals surface area contributed by atoms with Gasteiger partial charge < -0.3 is 29.2 Å². The van der Waals surface area contributed by atoms with Gasteiger partial charge in [-0.3, -0.25) is 9.69 Å². The summed E-state index contributed by atoms with van der Waals surface area (Å²) in [6.07, 6.45) is -0.489. The number of anilines is 1. The largest absolute Gasteiger partial charge is 0.493 e. The zero-order chi connectivity index (χ0) is 20.5. The van der Waals surface area contributed by atoms with E-state index >= 15 is 0 Å². The number of amides is 3. The molecule has 1 aromatic carbocycles. The van der Waals surface area contributed by atoms with Crippen molar-refractivity contribution in [2.75, 3.05) is 58.5 Å². The minimum Gasteiger partial charge on any atom is -0.493 e. The highest BCUT2D eigenvalue weighted by Gasteiger charge is 2.31. The van der Waals surface area contributed by atoms with Crippen molar-refractivity contribution in [1.29, 1.82) is 0 Å². The van der Waals surface area contributed by atoms with E-state index in [2.05, 4.69) is 5.32 Å². The van der Waals surface area contributed by atoms with Crippen LogP contribution in [0.5, 0.6) is 11.5 Å². The highest BCUT2D eigenvalue weighted by atomic mass is 16.7. The predicted molar refractivity (Wildman–Crippen MR) is 104 cm³/mol. The molecule has 28 heavy (non-hydrogen) atoms. The fourth-order valence-corrected chi connectivity index (χ4v) is 2.93. The molecule has 1 saturated heterocycles. The molecule has 0 radical (unpaired) electrons. The number of hydrogen-bond donors (Lipinski definition) is 1. The summed E-state index contributed by atoms with van der Waals surface area (Å²) >= 11 is 0. The Balaban J connectivity index is 1.92. The summed E-state index contributed by atoms with van der Waals surface area (Å²) < 4.78 is 21.3. The number of nitrogens with zero attached hydrogens (tertiary/aromatic N) is 2. The van der Waals surface area contributed by atoms with Crippen molar-refractivity contribution in [2.24, 2.45) is 0 Å². The maximum Gasteiger partial charge on any atom is 0.325 e. The number of urea groups is 1. The van der Waals surface area contributed by atoms with E-state index in [1.165, 1.54) is 4.90 Å². The van der Waals surface area contributed by atoms with Crippen LogP contribution in [0.1, 0.15) is 13.8 Å². The van der Waals surface area contributed by atoms with Gasteiger partial charge >= 0.3 is 6.03 Å². The van der Waals surface area contributed by atoms with Crippen LogP contribution in [-0.4, -0.2) is 76.7 Å².